The van der Waals surface area contributed by atoms with Gasteiger partial charge >= 0.3 is 0 Å². The normalized spacial score (nSPS) is 11.2. The van der Waals surface area contributed by atoms with Crippen molar-refractivity contribution in [2.45, 2.75) is 0 Å². The van der Waals surface area contributed by atoms with Crippen LogP contribution in [0.3, 0.4) is 0 Å². The number of para-hydroxylation sites is 2. The van der Waals surface area contributed by atoms with Gasteiger partial charge in [-0.05, 0) is 48.5 Å². The Bertz CT molecular complexity index is 1380. The van der Waals surface area contributed by atoms with Crippen molar-refractivity contribution in [1.82, 2.24) is 19.5 Å². The van der Waals surface area contributed by atoms with Crippen molar-refractivity contribution in [1.29, 1.82) is 0 Å². The average Bonchev–Trinajstić information content (AvgIpc) is 3.11. The van der Waals surface area contributed by atoms with Gasteiger partial charge in [-0.3, -0.25) is 14.7 Å². The number of hydrogen-bond donors (Lipinski definition) is 0. The molecule has 2 aromatic heterocycles. The Morgan fingerprint density at radius 1 is 0.828 bits per heavy atom. The first-order chi connectivity index (χ1) is 14.1. The standard InChI is InChI=1S/C21H12FN5O2/c22-14-7-11-15(12-8-14)26-20(13-5-9-16(10-6-13)27(28)29)25-19-21(26)24-18-4-2-1-3-17(18)23-19/h1-12H. The van der Waals surface area contributed by atoms with E-state index in [9.17, 15) is 14.5 Å². The highest BCUT2D eigenvalue weighted by molar-refractivity contribution is 5.86. The Morgan fingerprint density at radius 3 is 2.14 bits per heavy atom. The van der Waals surface area contributed by atoms with E-state index in [-0.39, 0.29) is 11.5 Å². The molecule has 0 saturated carbocycles. The zero-order chi connectivity index (χ0) is 20.0. The molecule has 8 heteroatoms. The summed E-state index contributed by atoms with van der Waals surface area (Å²) < 4.78 is 15.3. The molecule has 0 bridgehead atoms. The van der Waals surface area contributed by atoms with Crippen LogP contribution >= 0.6 is 0 Å². The minimum atomic E-state index is -0.456. The minimum Gasteiger partial charge on any atom is -0.275 e. The fraction of sp³-hybridized carbons (Fsp3) is 0. The largest absolute Gasteiger partial charge is 0.275 e. The smallest absolute Gasteiger partial charge is 0.269 e. The fourth-order valence-corrected chi connectivity index (χ4v) is 3.22. The van der Waals surface area contributed by atoms with E-state index in [2.05, 4.69) is 9.97 Å². The molecule has 0 aliphatic heterocycles. The van der Waals surface area contributed by atoms with Gasteiger partial charge in [-0.2, -0.15) is 0 Å². The Labute approximate surface area is 163 Å². The second kappa shape index (κ2) is 6.45. The lowest BCUT2D eigenvalue weighted by Gasteiger charge is -2.09. The van der Waals surface area contributed by atoms with E-state index < -0.39 is 4.92 Å². The van der Waals surface area contributed by atoms with E-state index in [4.69, 9.17) is 4.98 Å². The number of aromatic nitrogens is 4. The van der Waals surface area contributed by atoms with Gasteiger partial charge in [0.1, 0.15) is 11.6 Å². The van der Waals surface area contributed by atoms with Gasteiger partial charge in [-0.15, -0.1) is 0 Å². The number of imidazole rings is 1. The molecule has 140 valence electrons. The molecular formula is C21H12FN5O2. The highest BCUT2D eigenvalue weighted by atomic mass is 19.1. The number of nitro groups is 1. The highest BCUT2D eigenvalue weighted by Crippen LogP contribution is 2.29. The molecule has 29 heavy (non-hydrogen) atoms. The van der Waals surface area contributed by atoms with Crippen LogP contribution in [0.2, 0.25) is 0 Å². The second-order valence-corrected chi connectivity index (χ2v) is 6.41. The van der Waals surface area contributed by atoms with Crippen molar-refractivity contribution in [2.24, 2.45) is 0 Å². The topological polar surface area (TPSA) is 86.7 Å². The third-order valence-electron chi connectivity index (χ3n) is 4.59. The highest BCUT2D eigenvalue weighted by Gasteiger charge is 2.18. The molecule has 3 aromatic carbocycles. The maximum atomic E-state index is 13.5. The van der Waals surface area contributed by atoms with Crippen molar-refractivity contribution in [2.75, 3.05) is 0 Å². The summed E-state index contributed by atoms with van der Waals surface area (Å²) in [6.07, 6.45) is 0. The third-order valence-corrected chi connectivity index (χ3v) is 4.59. The zero-order valence-corrected chi connectivity index (χ0v) is 14.9. The Kier molecular flexibility index (Phi) is 3.77. The number of benzene rings is 3. The summed E-state index contributed by atoms with van der Waals surface area (Å²) in [6.45, 7) is 0. The molecule has 0 aliphatic carbocycles. The quantitative estimate of drug-likeness (QED) is 0.332. The maximum absolute atomic E-state index is 13.5. The number of halogens is 1. The summed E-state index contributed by atoms with van der Waals surface area (Å²) in [5.74, 6) is 0.156. The summed E-state index contributed by atoms with van der Waals surface area (Å²) in [4.78, 5) is 24.5. The average molecular weight is 385 g/mol. The predicted octanol–water partition coefficient (Wildman–Crippen LogP) is 4.68. The van der Waals surface area contributed by atoms with Crippen molar-refractivity contribution < 1.29 is 9.31 Å². The number of rotatable bonds is 3. The van der Waals surface area contributed by atoms with Gasteiger partial charge in [-0.1, -0.05) is 12.1 Å². The molecule has 0 aliphatic rings. The molecule has 5 aromatic rings. The lowest BCUT2D eigenvalue weighted by atomic mass is 10.2. The Balaban J connectivity index is 1.81. The molecule has 0 amide bonds. The molecular weight excluding hydrogens is 373 g/mol. The second-order valence-electron chi connectivity index (χ2n) is 6.41. The van der Waals surface area contributed by atoms with E-state index in [1.165, 1.54) is 24.3 Å². The summed E-state index contributed by atoms with van der Waals surface area (Å²) >= 11 is 0. The van der Waals surface area contributed by atoms with Crippen LogP contribution in [-0.2, 0) is 0 Å². The molecule has 0 atom stereocenters. The molecule has 0 N–H and O–H groups in total. The molecule has 0 fully saturated rings. The van der Waals surface area contributed by atoms with Crippen molar-refractivity contribution in [3.8, 4) is 17.1 Å². The van der Waals surface area contributed by atoms with Gasteiger partial charge in [0, 0.05) is 23.4 Å². The lowest BCUT2D eigenvalue weighted by Crippen LogP contribution is -1.99. The summed E-state index contributed by atoms with van der Waals surface area (Å²) in [6, 6.07) is 19.5. The van der Waals surface area contributed by atoms with E-state index in [1.54, 1.807) is 28.8 Å². The lowest BCUT2D eigenvalue weighted by molar-refractivity contribution is -0.384. The van der Waals surface area contributed by atoms with Gasteiger partial charge in [-0.25, -0.2) is 19.3 Å². The van der Waals surface area contributed by atoms with E-state index in [0.717, 1.165) is 0 Å². The van der Waals surface area contributed by atoms with Gasteiger partial charge in [0.25, 0.3) is 5.69 Å². The van der Waals surface area contributed by atoms with Crippen LogP contribution in [0.1, 0.15) is 0 Å². The summed E-state index contributed by atoms with van der Waals surface area (Å²) in [7, 11) is 0. The predicted molar refractivity (Wildman–Crippen MR) is 106 cm³/mol. The van der Waals surface area contributed by atoms with E-state index in [1.807, 2.05) is 24.3 Å². The van der Waals surface area contributed by atoms with Crippen LogP contribution in [-0.4, -0.2) is 24.4 Å². The first-order valence-corrected chi connectivity index (χ1v) is 8.76. The molecule has 5 rings (SSSR count). The zero-order valence-electron chi connectivity index (χ0n) is 14.9. The molecule has 0 unspecified atom stereocenters. The molecule has 7 nitrogen and oxygen atoms in total. The van der Waals surface area contributed by atoms with Crippen molar-refractivity contribution in [3.63, 3.8) is 0 Å². The van der Waals surface area contributed by atoms with E-state index in [0.29, 0.717) is 39.4 Å². The van der Waals surface area contributed by atoms with Crippen molar-refractivity contribution in [3.05, 3.63) is 88.7 Å². The van der Waals surface area contributed by atoms with Crippen molar-refractivity contribution >= 4 is 28.0 Å². The molecule has 0 spiro atoms. The SMILES string of the molecule is O=[N+]([O-])c1ccc(-c2nc3nc4ccccc4nc3n2-c2ccc(F)cc2)cc1. The summed E-state index contributed by atoms with van der Waals surface area (Å²) in [5, 5.41) is 11.0. The van der Waals surface area contributed by atoms with Crippen LogP contribution in [0.15, 0.2) is 72.8 Å². The monoisotopic (exact) mass is 385 g/mol. The Morgan fingerprint density at radius 2 is 1.48 bits per heavy atom. The number of nitrogens with zero attached hydrogens (tertiary/aromatic N) is 5. The molecule has 0 radical (unpaired) electrons. The van der Waals surface area contributed by atoms with Gasteiger partial charge in [0.2, 0.25) is 0 Å². The van der Waals surface area contributed by atoms with Gasteiger partial charge < -0.3 is 0 Å². The number of non-ortho nitro benzene ring substituents is 1. The first kappa shape index (κ1) is 16.9. The summed E-state index contributed by atoms with van der Waals surface area (Å²) in [5.41, 5.74) is 3.67. The van der Waals surface area contributed by atoms with Crippen LogP contribution in [0.4, 0.5) is 10.1 Å². The minimum absolute atomic E-state index is 0.0137. The van der Waals surface area contributed by atoms with Crippen LogP contribution in [0, 0.1) is 15.9 Å². The number of nitro benzene ring substituents is 1. The van der Waals surface area contributed by atoms with Gasteiger partial charge in [0.05, 0.1) is 16.0 Å². The number of hydrogen-bond acceptors (Lipinski definition) is 5. The fourth-order valence-electron chi connectivity index (χ4n) is 3.22. The molecule has 2 heterocycles. The molecule has 0 saturated heterocycles. The van der Waals surface area contributed by atoms with Gasteiger partial charge in [0.15, 0.2) is 11.3 Å². The number of fused-ring (bicyclic) bond motifs is 2. The van der Waals surface area contributed by atoms with E-state index >= 15 is 0 Å². The van der Waals surface area contributed by atoms with Crippen LogP contribution < -0.4 is 0 Å². The van der Waals surface area contributed by atoms with Crippen LogP contribution in [0.5, 0.6) is 0 Å². The first-order valence-electron chi connectivity index (χ1n) is 8.76. The van der Waals surface area contributed by atoms with Crippen LogP contribution in [0.25, 0.3) is 39.4 Å². The third kappa shape index (κ3) is 2.87. The maximum Gasteiger partial charge on any atom is 0.269 e. The Hall–Kier alpha value is -4.20.